The second kappa shape index (κ2) is 8.39. The SMILES string of the molecule is CCOC(OCC)/C(NC1CCCCC1)=C1\CCOC1=O. The van der Waals surface area contributed by atoms with E-state index < -0.39 is 6.29 Å². The monoisotopic (exact) mass is 297 g/mol. The molecule has 0 atom stereocenters. The van der Waals surface area contributed by atoms with Gasteiger partial charge in [-0.3, -0.25) is 0 Å². The van der Waals surface area contributed by atoms with E-state index in [1.165, 1.54) is 19.3 Å². The van der Waals surface area contributed by atoms with E-state index in [1.54, 1.807) is 0 Å². The molecule has 1 N–H and O–H groups in total. The van der Waals surface area contributed by atoms with E-state index in [-0.39, 0.29) is 5.97 Å². The van der Waals surface area contributed by atoms with Crippen molar-refractivity contribution in [1.29, 1.82) is 0 Å². The Morgan fingerprint density at radius 1 is 1.24 bits per heavy atom. The first-order valence-electron chi connectivity index (χ1n) is 8.16. The number of esters is 1. The molecule has 0 radical (unpaired) electrons. The summed E-state index contributed by atoms with van der Waals surface area (Å²) in [7, 11) is 0. The molecule has 0 aromatic heterocycles. The molecule has 21 heavy (non-hydrogen) atoms. The van der Waals surface area contributed by atoms with Crippen LogP contribution < -0.4 is 5.32 Å². The lowest BCUT2D eigenvalue weighted by atomic mass is 9.95. The van der Waals surface area contributed by atoms with Gasteiger partial charge in [0.2, 0.25) is 0 Å². The number of carbonyl (C=O) groups is 1. The van der Waals surface area contributed by atoms with Crippen LogP contribution in [-0.2, 0) is 19.0 Å². The van der Waals surface area contributed by atoms with Gasteiger partial charge in [-0.1, -0.05) is 19.3 Å². The van der Waals surface area contributed by atoms with Crippen molar-refractivity contribution in [2.45, 2.75) is 64.7 Å². The van der Waals surface area contributed by atoms with Crippen molar-refractivity contribution in [3.63, 3.8) is 0 Å². The van der Waals surface area contributed by atoms with Crippen molar-refractivity contribution in [2.75, 3.05) is 19.8 Å². The molecule has 0 bridgehead atoms. The molecular formula is C16H27NO4. The fraction of sp³-hybridized carbons (Fsp3) is 0.812. The van der Waals surface area contributed by atoms with Crippen molar-refractivity contribution in [2.24, 2.45) is 0 Å². The summed E-state index contributed by atoms with van der Waals surface area (Å²) in [6, 6.07) is 0.401. The minimum absolute atomic E-state index is 0.238. The van der Waals surface area contributed by atoms with Crippen molar-refractivity contribution in [3.05, 3.63) is 11.3 Å². The smallest absolute Gasteiger partial charge is 0.336 e. The summed E-state index contributed by atoms with van der Waals surface area (Å²) in [6.07, 6.45) is 6.17. The molecule has 0 aromatic rings. The van der Waals surface area contributed by atoms with Crippen molar-refractivity contribution >= 4 is 5.97 Å². The quantitative estimate of drug-likeness (QED) is 0.444. The van der Waals surface area contributed by atoms with Crippen LogP contribution in [0.2, 0.25) is 0 Å². The second-order valence-corrected chi connectivity index (χ2v) is 5.50. The van der Waals surface area contributed by atoms with Crippen LogP contribution in [0.4, 0.5) is 0 Å². The molecule has 2 fully saturated rings. The van der Waals surface area contributed by atoms with Crippen LogP contribution in [0.25, 0.3) is 0 Å². The first kappa shape index (κ1) is 16.3. The third kappa shape index (κ3) is 4.45. The van der Waals surface area contributed by atoms with Crippen molar-refractivity contribution in [3.8, 4) is 0 Å². The molecule has 5 nitrogen and oxygen atoms in total. The van der Waals surface area contributed by atoms with E-state index in [4.69, 9.17) is 14.2 Å². The lowest BCUT2D eigenvalue weighted by Gasteiger charge is -2.29. The van der Waals surface area contributed by atoms with Gasteiger partial charge in [0.1, 0.15) is 0 Å². The zero-order valence-electron chi connectivity index (χ0n) is 13.2. The minimum atomic E-state index is -0.498. The molecule has 1 saturated heterocycles. The van der Waals surface area contributed by atoms with Crippen LogP contribution in [0.5, 0.6) is 0 Å². The van der Waals surface area contributed by atoms with Gasteiger partial charge in [-0.2, -0.15) is 0 Å². The molecular weight excluding hydrogens is 270 g/mol. The van der Waals surface area contributed by atoms with Crippen molar-refractivity contribution in [1.82, 2.24) is 5.32 Å². The highest BCUT2D eigenvalue weighted by Gasteiger charge is 2.30. The van der Waals surface area contributed by atoms with Gasteiger partial charge < -0.3 is 19.5 Å². The topological polar surface area (TPSA) is 56.8 Å². The number of hydrogen-bond donors (Lipinski definition) is 1. The standard InChI is InChI=1S/C16H27NO4/c1-3-19-16(20-4-2)14(13-10-11-21-15(13)18)17-12-8-6-5-7-9-12/h12,16-17H,3-11H2,1-2H3/b14-13-. The summed E-state index contributed by atoms with van der Waals surface area (Å²) in [4.78, 5) is 11.9. The average molecular weight is 297 g/mol. The van der Waals surface area contributed by atoms with Crippen LogP contribution in [0, 0.1) is 0 Å². The van der Waals surface area contributed by atoms with Crippen LogP contribution >= 0.6 is 0 Å². The van der Waals surface area contributed by atoms with Gasteiger partial charge in [0.25, 0.3) is 0 Å². The largest absolute Gasteiger partial charge is 0.462 e. The molecule has 2 rings (SSSR count). The van der Waals surface area contributed by atoms with Gasteiger partial charge in [0.05, 0.1) is 17.9 Å². The summed E-state index contributed by atoms with van der Waals surface area (Å²) < 4.78 is 16.5. The Hall–Kier alpha value is -1.07. The normalized spacial score (nSPS) is 22.5. The lowest BCUT2D eigenvalue weighted by molar-refractivity contribution is -0.136. The molecule has 0 unspecified atom stereocenters. The van der Waals surface area contributed by atoms with Gasteiger partial charge in [0.15, 0.2) is 6.29 Å². The summed E-state index contributed by atoms with van der Waals surface area (Å²) >= 11 is 0. The zero-order chi connectivity index (χ0) is 15.1. The van der Waals surface area contributed by atoms with E-state index in [0.717, 1.165) is 18.5 Å². The Labute approximate surface area is 127 Å². The van der Waals surface area contributed by atoms with E-state index in [2.05, 4.69) is 5.32 Å². The van der Waals surface area contributed by atoms with Gasteiger partial charge in [-0.25, -0.2) is 4.79 Å². The molecule has 1 aliphatic heterocycles. The van der Waals surface area contributed by atoms with Crippen molar-refractivity contribution < 1.29 is 19.0 Å². The number of hydrogen-bond acceptors (Lipinski definition) is 5. The van der Waals surface area contributed by atoms with E-state index in [9.17, 15) is 4.79 Å². The molecule has 0 aromatic carbocycles. The first-order valence-corrected chi connectivity index (χ1v) is 8.16. The second-order valence-electron chi connectivity index (χ2n) is 5.50. The zero-order valence-corrected chi connectivity index (χ0v) is 13.2. The third-order valence-corrected chi connectivity index (χ3v) is 3.99. The summed E-state index contributed by atoms with van der Waals surface area (Å²) in [6.45, 7) is 5.41. The average Bonchev–Trinajstić information content (AvgIpc) is 2.92. The molecule has 2 aliphatic rings. The molecule has 0 amide bonds. The van der Waals surface area contributed by atoms with E-state index >= 15 is 0 Å². The predicted octanol–water partition coefficient (Wildman–Crippen LogP) is 2.51. The maximum absolute atomic E-state index is 11.9. The highest BCUT2D eigenvalue weighted by Crippen LogP contribution is 2.25. The molecule has 5 heteroatoms. The molecule has 0 spiro atoms. The number of ether oxygens (including phenoxy) is 3. The Bertz CT molecular complexity index is 368. The Morgan fingerprint density at radius 2 is 1.90 bits per heavy atom. The molecule has 120 valence electrons. The van der Waals surface area contributed by atoms with Gasteiger partial charge in [0, 0.05) is 25.7 Å². The van der Waals surface area contributed by atoms with Gasteiger partial charge in [-0.05, 0) is 26.7 Å². The minimum Gasteiger partial charge on any atom is -0.462 e. The third-order valence-electron chi connectivity index (χ3n) is 3.99. The Morgan fingerprint density at radius 3 is 2.43 bits per heavy atom. The van der Waals surface area contributed by atoms with Crippen LogP contribution in [0.3, 0.4) is 0 Å². The van der Waals surface area contributed by atoms with Gasteiger partial charge >= 0.3 is 5.97 Å². The molecule has 1 saturated carbocycles. The maximum Gasteiger partial charge on any atom is 0.336 e. The fourth-order valence-electron chi connectivity index (χ4n) is 2.96. The highest BCUT2D eigenvalue weighted by molar-refractivity contribution is 5.91. The maximum atomic E-state index is 11.9. The Kier molecular flexibility index (Phi) is 6.51. The number of carbonyl (C=O) groups excluding carboxylic acids is 1. The number of rotatable bonds is 7. The molecule has 1 aliphatic carbocycles. The van der Waals surface area contributed by atoms with Crippen LogP contribution in [-0.4, -0.2) is 38.1 Å². The van der Waals surface area contributed by atoms with E-state index in [0.29, 0.717) is 37.9 Å². The summed E-state index contributed by atoms with van der Waals surface area (Å²) in [5, 5.41) is 3.53. The highest BCUT2D eigenvalue weighted by atomic mass is 16.7. The van der Waals surface area contributed by atoms with Gasteiger partial charge in [-0.15, -0.1) is 0 Å². The Balaban J connectivity index is 2.17. The summed E-state index contributed by atoms with van der Waals surface area (Å²) in [5.74, 6) is -0.238. The fourth-order valence-corrected chi connectivity index (χ4v) is 2.96. The van der Waals surface area contributed by atoms with Crippen LogP contribution in [0.1, 0.15) is 52.4 Å². The number of nitrogens with one attached hydrogen (secondary N) is 1. The van der Waals surface area contributed by atoms with Crippen LogP contribution in [0.15, 0.2) is 11.3 Å². The lowest BCUT2D eigenvalue weighted by Crippen LogP contribution is -2.38. The van der Waals surface area contributed by atoms with E-state index in [1.807, 2.05) is 13.8 Å². The molecule has 1 heterocycles. The number of cyclic esters (lactones) is 1. The predicted molar refractivity (Wildman–Crippen MR) is 79.7 cm³/mol. The first-order chi connectivity index (χ1) is 10.3. The summed E-state index contributed by atoms with van der Waals surface area (Å²) in [5.41, 5.74) is 1.47.